The van der Waals surface area contributed by atoms with Crippen LogP contribution in [-0.2, 0) is 6.54 Å². The summed E-state index contributed by atoms with van der Waals surface area (Å²) in [5.41, 5.74) is 8.28. The summed E-state index contributed by atoms with van der Waals surface area (Å²) in [5.74, 6) is 0.00101. The first-order valence-electron chi connectivity index (χ1n) is 5.90. The molecule has 2 aromatic carbocycles. The van der Waals surface area contributed by atoms with Gasteiger partial charge in [0.2, 0.25) is 5.95 Å². The van der Waals surface area contributed by atoms with Crippen LogP contribution in [0.2, 0.25) is 5.02 Å². The standard InChI is InChI=1S/C14H10BrClFN3/c15-10-5-13-12(6-11(10)17)19-14(18)20(13)7-8-1-3-9(16)4-2-8/h1-6H,7H2,(H2,18,19). The Labute approximate surface area is 128 Å². The lowest BCUT2D eigenvalue weighted by Gasteiger charge is -2.07. The Kier molecular flexibility index (Phi) is 3.40. The summed E-state index contributed by atoms with van der Waals surface area (Å²) in [4.78, 5) is 4.18. The third-order valence-corrected chi connectivity index (χ3v) is 3.93. The molecule has 6 heteroatoms. The Morgan fingerprint density at radius 1 is 1.25 bits per heavy atom. The summed E-state index contributed by atoms with van der Waals surface area (Å²) in [6.07, 6.45) is 0. The molecular weight excluding hydrogens is 345 g/mol. The number of nitrogens with two attached hydrogens (primary N) is 1. The van der Waals surface area contributed by atoms with Crippen molar-refractivity contribution >= 4 is 44.5 Å². The van der Waals surface area contributed by atoms with Crippen molar-refractivity contribution < 1.29 is 4.39 Å². The molecule has 3 aromatic rings. The molecule has 0 fully saturated rings. The van der Waals surface area contributed by atoms with Crippen LogP contribution >= 0.6 is 27.5 Å². The van der Waals surface area contributed by atoms with Crippen LogP contribution in [0, 0.1) is 5.82 Å². The number of imidazole rings is 1. The average molecular weight is 355 g/mol. The molecule has 1 aromatic heterocycles. The fourth-order valence-corrected chi connectivity index (χ4v) is 2.53. The minimum atomic E-state index is -0.353. The van der Waals surface area contributed by atoms with E-state index >= 15 is 0 Å². The first-order chi connectivity index (χ1) is 9.54. The van der Waals surface area contributed by atoms with Gasteiger partial charge in [-0.25, -0.2) is 9.37 Å². The monoisotopic (exact) mass is 353 g/mol. The van der Waals surface area contributed by atoms with Gasteiger partial charge in [-0.1, -0.05) is 23.7 Å². The second kappa shape index (κ2) is 5.07. The predicted octanol–water partition coefficient (Wildman–Crippen LogP) is 4.22. The SMILES string of the molecule is Nc1nc2cc(F)c(Br)cc2n1Cc1ccc(Cl)cc1. The van der Waals surface area contributed by atoms with E-state index in [0.29, 0.717) is 27.5 Å². The first-order valence-corrected chi connectivity index (χ1v) is 7.07. The average Bonchev–Trinajstić information content (AvgIpc) is 2.69. The van der Waals surface area contributed by atoms with E-state index in [9.17, 15) is 4.39 Å². The van der Waals surface area contributed by atoms with Crippen molar-refractivity contribution in [1.29, 1.82) is 0 Å². The Bertz CT molecular complexity index is 783. The molecule has 0 aliphatic heterocycles. The number of rotatable bonds is 2. The first kappa shape index (κ1) is 13.4. The molecule has 0 amide bonds. The van der Waals surface area contributed by atoms with Crippen LogP contribution in [0.25, 0.3) is 11.0 Å². The molecule has 102 valence electrons. The predicted molar refractivity (Wildman–Crippen MR) is 82.4 cm³/mol. The van der Waals surface area contributed by atoms with Crippen LogP contribution in [0.3, 0.4) is 0 Å². The Morgan fingerprint density at radius 3 is 2.65 bits per heavy atom. The molecule has 0 saturated carbocycles. The van der Waals surface area contributed by atoms with Crippen LogP contribution in [0.15, 0.2) is 40.9 Å². The lowest BCUT2D eigenvalue weighted by molar-refractivity contribution is 0.622. The van der Waals surface area contributed by atoms with E-state index in [1.807, 2.05) is 28.8 Å². The smallest absolute Gasteiger partial charge is 0.201 e. The number of hydrogen-bond donors (Lipinski definition) is 1. The van der Waals surface area contributed by atoms with Crippen molar-refractivity contribution in [3.05, 3.63) is 57.3 Å². The van der Waals surface area contributed by atoms with Gasteiger partial charge in [0, 0.05) is 11.1 Å². The molecule has 0 bridgehead atoms. The highest BCUT2D eigenvalue weighted by atomic mass is 79.9. The topological polar surface area (TPSA) is 43.8 Å². The number of halogens is 3. The van der Waals surface area contributed by atoms with E-state index in [1.54, 1.807) is 6.07 Å². The van der Waals surface area contributed by atoms with E-state index in [-0.39, 0.29) is 5.82 Å². The van der Waals surface area contributed by atoms with Gasteiger partial charge in [-0.15, -0.1) is 0 Å². The number of aromatic nitrogens is 2. The van der Waals surface area contributed by atoms with Crippen LogP contribution in [0.5, 0.6) is 0 Å². The highest BCUT2D eigenvalue weighted by Crippen LogP contribution is 2.26. The summed E-state index contributed by atoms with van der Waals surface area (Å²) in [6, 6.07) is 10.5. The fourth-order valence-electron chi connectivity index (χ4n) is 2.08. The van der Waals surface area contributed by atoms with Gasteiger partial charge in [-0.2, -0.15) is 0 Å². The molecule has 1 heterocycles. The zero-order chi connectivity index (χ0) is 14.3. The minimum Gasteiger partial charge on any atom is -0.369 e. The normalized spacial score (nSPS) is 11.2. The Morgan fingerprint density at radius 2 is 1.95 bits per heavy atom. The van der Waals surface area contributed by atoms with Crippen LogP contribution in [0.1, 0.15) is 5.56 Å². The van der Waals surface area contributed by atoms with E-state index in [0.717, 1.165) is 11.1 Å². The highest BCUT2D eigenvalue weighted by Gasteiger charge is 2.11. The summed E-state index contributed by atoms with van der Waals surface area (Å²) < 4.78 is 15.7. The highest BCUT2D eigenvalue weighted by molar-refractivity contribution is 9.10. The van der Waals surface area contributed by atoms with E-state index < -0.39 is 0 Å². The second-order valence-electron chi connectivity index (χ2n) is 4.44. The van der Waals surface area contributed by atoms with Gasteiger partial charge in [0.25, 0.3) is 0 Å². The van der Waals surface area contributed by atoms with Gasteiger partial charge in [0.05, 0.1) is 22.1 Å². The summed E-state index contributed by atoms with van der Waals surface area (Å²) >= 11 is 9.05. The summed E-state index contributed by atoms with van der Waals surface area (Å²) in [6.45, 7) is 0.553. The lowest BCUT2D eigenvalue weighted by atomic mass is 10.2. The van der Waals surface area contributed by atoms with E-state index in [4.69, 9.17) is 17.3 Å². The minimum absolute atomic E-state index is 0.353. The number of benzene rings is 2. The maximum Gasteiger partial charge on any atom is 0.201 e. The van der Waals surface area contributed by atoms with Gasteiger partial charge in [-0.3, -0.25) is 0 Å². The number of anilines is 1. The van der Waals surface area contributed by atoms with Gasteiger partial charge < -0.3 is 10.3 Å². The molecule has 0 unspecified atom stereocenters. The van der Waals surface area contributed by atoms with E-state index in [1.165, 1.54) is 6.07 Å². The molecule has 3 nitrogen and oxygen atoms in total. The number of nitrogens with zero attached hydrogens (tertiary/aromatic N) is 2. The van der Waals surface area contributed by atoms with Gasteiger partial charge in [-0.05, 0) is 39.7 Å². The van der Waals surface area contributed by atoms with Gasteiger partial charge in [0.15, 0.2) is 0 Å². The molecule has 20 heavy (non-hydrogen) atoms. The number of nitrogen functional groups attached to an aromatic ring is 1. The van der Waals surface area contributed by atoms with E-state index in [2.05, 4.69) is 20.9 Å². The molecule has 0 saturated heterocycles. The third-order valence-electron chi connectivity index (χ3n) is 3.07. The zero-order valence-electron chi connectivity index (χ0n) is 10.3. The molecule has 0 radical (unpaired) electrons. The van der Waals surface area contributed by atoms with Crippen molar-refractivity contribution in [2.75, 3.05) is 5.73 Å². The largest absolute Gasteiger partial charge is 0.369 e. The quantitative estimate of drug-likeness (QED) is 0.749. The second-order valence-corrected chi connectivity index (χ2v) is 5.73. The third kappa shape index (κ3) is 2.39. The molecule has 0 aliphatic carbocycles. The summed E-state index contributed by atoms with van der Waals surface area (Å²) in [5, 5.41) is 0.682. The molecular formula is C14H10BrClFN3. The zero-order valence-corrected chi connectivity index (χ0v) is 12.6. The van der Waals surface area contributed by atoms with Crippen molar-refractivity contribution in [2.24, 2.45) is 0 Å². The van der Waals surface area contributed by atoms with Crippen molar-refractivity contribution in [3.63, 3.8) is 0 Å². The number of fused-ring (bicyclic) bond motifs is 1. The Hall–Kier alpha value is -1.59. The van der Waals surface area contributed by atoms with Crippen molar-refractivity contribution in [3.8, 4) is 0 Å². The van der Waals surface area contributed by atoms with Crippen LogP contribution in [0.4, 0.5) is 10.3 Å². The van der Waals surface area contributed by atoms with Gasteiger partial charge >= 0.3 is 0 Å². The van der Waals surface area contributed by atoms with Crippen molar-refractivity contribution in [2.45, 2.75) is 6.54 Å². The van der Waals surface area contributed by atoms with Crippen molar-refractivity contribution in [1.82, 2.24) is 9.55 Å². The number of hydrogen-bond acceptors (Lipinski definition) is 2. The van der Waals surface area contributed by atoms with Crippen LogP contribution < -0.4 is 5.73 Å². The molecule has 0 aliphatic rings. The fraction of sp³-hybridized carbons (Fsp3) is 0.0714. The maximum atomic E-state index is 13.5. The molecule has 0 spiro atoms. The molecule has 0 atom stereocenters. The lowest BCUT2D eigenvalue weighted by Crippen LogP contribution is -2.04. The Balaban J connectivity index is 2.08. The van der Waals surface area contributed by atoms with Crippen LogP contribution in [-0.4, -0.2) is 9.55 Å². The summed E-state index contributed by atoms with van der Waals surface area (Å²) in [7, 11) is 0. The maximum absolute atomic E-state index is 13.5. The van der Waals surface area contributed by atoms with Gasteiger partial charge in [0.1, 0.15) is 5.82 Å². The molecule has 3 rings (SSSR count). The molecule has 2 N–H and O–H groups in total.